The van der Waals surface area contributed by atoms with Crippen LogP contribution >= 0.6 is 11.3 Å². The van der Waals surface area contributed by atoms with Crippen molar-refractivity contribution in [2.45, 2.75) is 12.7 Å². The molecule has 4 rings (SSSR count). The van der Waals surface area contributed by atoms with E-state index in [9.17, 15) is 14.9 Å². The molecule has 1 amide bonds. The fourth-order valence-corrected chi connectivity index (χ4v) is 3.88. The molecule has 1 unspecified atom stereocenters. The molecule has 0 fully saturated rings. The normalized spacial score (nSPS) is 15.4. The molecule has 0 spiro atoms. The number of ether oxygens (including phenoxy) is 1. The van der Waals surface area contributed by atoms with Gasteiger partial charge in [0.1, 0.15) is 17.6 Å². The molecule has 2 aromatic heterocycles. The zero-order valence-electron chi connectivity index (χ0n) is 14.9. The SMILES string of the molecule is COc1ccc(NC2c3ncccc3C(=O)N2Cc2cccs2)c([N+](=O)[O-])c1. The molecule has 3 aromatic rings. The van der Waals surface area contributed by atoms with Gasteiger partial charge >= 0.3 is 0 Å². The molecule has 9 heteroatoms. The second kappa shape index (κ2) is 7.28. The van der Waals surface area contributed by atoms with E-state index in [4.69, 9.17) is 4.74 Å². The van der Waals surface area contributed by atoms with Crippen LogP contribution in [0, 0.1) is 10.1 Å². The molecule has 142 valence electrons. The van der Waals surface area contributed by atoms with Crippen molar-refractivity contribution in [2.75, 3.05) is 12.4 Å². The Morgan fingerprint density at radius 3 is 2.89 bits per heavy atom. The van der Waals surface area contributed by atoms with Crippen LogP contribution in [-0.4, -0.2) is 27.8 Å². The summed E-state index contributed by atoms with van der Waals surface area (Å²) >= 11 is 1.55. The summed E-state index contributed by atoms with van der Waals surface area (Å²) in [6.07, 6.45) is 0.996. The van der Waals surface area contributed by atoms with E-state index in [0.717, 1.165) is 4.88 Å². The van der Waals surface area contributed by atoms with Gasteiger partial charge in [-0.25, -0.2) is 0 Å². The molecule has 1 N–H and O–H groups in total. The van der Waals surface area contributed by atoms with E-state index in [2.05, 4.69) is 10.3 Å². The van der Waals surface area contributed by atoms with Gasteiger partial charge in [0.25, 0.3) is 11.6 Å². The number of nitro benzene ring substituents is 1. The third kappa shape index (κ3) is 3.16. The molecule has 0 saturated carbocycles. The van der Waals surface area contributed by atoms with Crippen molar-refractivity contribution in [1.29, 1.82) is 0 Å². The zero-order chi connectivity index (χ0) is 19.7. The van der Waals surface area contributed by atoms with Gasteiger partial charge in [0.15, 0.2) is 0 Å². The minimum atomic E-state index is -0.613. The first kappa shape index (κ1) is 17.9. The van der Waals surface area contributed by atoms with Crippen LogP contribution in [0.25, 0.3) is 0 Å². The quantitative estimate of drug-likeness (QED) is 0.502. The number of nitro groups is 1. The van der Waals surface area contributed by atoms with Crippen LogP contribution < -0.4 is 10.1 Å². The second-order valence-corrected chi connectivity index (χ2v) is 7.17. The first-order valence-corrected chi connectivity index (χ1v) is 9.33. The van der Waals surface area contributed by atoms with Crippen molar-refractivity contribution < 1.29 is 14.5 Å². The van der Waals surface area contributed by atoms with Crippen LogP contribution in [0.2, 0.25) is 0 Å². The standard InChI is InChI=1S/C19H16N4O4S/c1-27-12-6-7-15(16(10-12)23(25)26)21-18-17-14(5-2-8-20-17)19(24)22(18)11-13-4-3-9-28-13/h2-10,18,21H,11H2,1H3. The molecule has 1 aliphatic heterocycles. The molecule has 3 heterocycles. The minimum Gasteiger partial charge on any atom is -0.496 e. The third-order valence-electron chi connectivity index (χ3n) is 4.50. The van der Waals surface area contributed by atoms with E-state index < -0.39 is 11.1 Å². The van der Waals surface area contributed by atoms with E-state index >= 15 is 0 Å². The number of fused-ring (bicyclic) bond motifs is 1. The number of nitrogens with one attached hydrogen (secondary N) is 1. The zero-order valence-corrected chi connectivity index (χ0v) is 15.7. The Kier molecular flexibility index (Phi) is 4.66. The van der Waals surface area contributed by atoms with E-state index in [1.54, 1.807) is 46.7 Å². The molecule has 8 nitrogen and oxygen atoms in total. The summed E-state index contributed by atoms with van der Waals surface area (Å²) in [5, 5.41) is 16.6. The molecule has 1 aliphatic rings. The lowest BCUT2D eigenvalue weighted by atomic mass is 10.2. The Balaban J connectivity index is 1.73. The number of carbonyl (C=O) groups excluding carboxylic acids is 1. The number of amides is 1. The highest BCUT2D eigenvalue weighted by Crippen LogP contribution is 2.38. The number of hydrogen-bond acceptors (Lipinski definition) is 7. The topological polar surface area (TPSA) is 97.6 Å². The predicted octanol–water partition coefficient (Wildman–Crippen LogP) is 3.83. The third-order valence-corrected chi connectivity index (χ3v) is 5.36. The Hall–Kier alpha value is -3.46. The summed E-state index contributed by atoms with van der Waals surface area (Å²) in [5.74, 6) is 0.221. The van der Waals surface area contributed by atoms with Gasteiger partial charge < -0.3 is 15.0 Å². The number of pyridine rings is 1. The van der Waals surface area contributed by atoms with Gasteiger partial charge in [-0.15, -0.1) is 11.3 Å². The number of nitrogens with zero attached hydrogens (tertiary/aromatic N) is 3. The van der Waals surface area contributed by atoms with E-state index in [1.807, 2.05) is 17.5 Å². The van der Waals surface area contributed by atoms with E-state index in [0.29, 0.717) is 29.2 Å². The fraction of sp³-hybridized carbons (Fsp3) is 0.158. The number of thiophene rings is 1. The summed E-state index contributed by atoms with van der Waals surface area (Å²) in [6, 6.07) is 11.8. The van der Waals surface area contributed by atoms with Gasteiger partial charge in [-0.3, -0.25) is 19.9 Å². The lowest BCUT2D eigenvalue weighted by molar-refractivity contribution is -0.384. The lowest BCUT2D eigenvalue weighted by Gasteiger charge is -2.26. The summed E-state index contributed by atoms with van der Waals surface area (Å²) in [4.78, 5) is 31.0. The monoisotopic (exact) mass is 396 g/mol. The van der Waals surface area contributed by atoms with Gasteiger partial charge in [0.05, 0.1) is 35.9 Å². The maximum absolute atomic E-state index is 12.9. The summed E-state index contributed by atoms with van der Waals surface area (Å²) in [7, 11) is 1.45. The highest BCUT2D eigenvalue weighted by molar-refractivity contribution is 7.09. The van der Waals surface area contributed by atoms with Gasteiger partial charge in [-0.1, -0.05) is 6.07 Å². The van der Waals surface area contributed by atoms with Crippen molar-refractivity contribution in [3.8, 4) is 5.75 Å². The van der Waals surface area contributed by atoms with Crippen LogP contribution in [0.15, 0.2) is 54.0 Å². The van der Waals surface area contributed by atoms with E-state index in [-0.39, 0.29) is 11.6 Å². The Morgan fingerprint density at radius 1 is 1.32 bits per heavy atom. The molecule has 28 heavy (non-hydrogen) atoms. The lowest BCUT2D eigenvalue weighted by Crippen LogP contribution is -2.32. The average Bonchev–Trinajstić information content (AvgIpc) is 3.31. The number of benzene rings is 1. The smallest absolute Gasteiger partial charge is 0.296 e. The molecule has 0 radical (unpaired) electrons. The van der Waals surface area contributed by atoms with Gasteiger partial charge in [0.2, 0.25) is 0 Å². The fourth-order valence-electron chi connectivity index (χ4n) is 3.17. The van der Waals surface area contributed by atoms with Crippen molar-refractivity contribution in [1.82, 2.24) is 9.88 Å². The van der Waals surface area contributed by atoms with Crippen molar-refractivity contribution in [3.05, 3.63) is 80.3 Å². The largest absolute Gasteiger partial charge is 0.496 e. The maximum Gasteiger partial charge on any atom is 0.296 e. The molecule has 0 aliphatic carbocycles. The average molecular weight is 396 g/mol. The molecule has 0 bridgehead atoms. The number of methoxy groups -OCH3 is 1. The number of rotatable bonds is 6. The Morgan fingerprint density at radius 2 is 2.18 bits per heavy atom. The van der Waals surface area contributed by atoms with Crippen LogP contribution in [0.3, 0.4) is 0 Å². The van der Waals surface area contributed by atoms with Crippen LogP contribution in [0.5, 0.6) is 5.75 Å². The molecular weight excluding hydrogens is 380 g/mol. The highest BCUT2D eigenvalue weighted by Gasteiger charge is 2.39. The molecule has 1 atom stereocenters. The van der Waals surface area contributed by atoms with E-state index in [1.165, 1.54) is 13.2 Å². The van der Waals surface area contributed by atoms with Crippen molar-refractivity contribution in [2.24, 2.45) is 0 Å². The van der Waals surface area contributed by atoms with Gasteiger partial charge in [-0.2, -0.15) is 0 Å². The number of anilines is 1. The number of carbonyl (C=O) groups is 1. The van der Waals surface area contributed by atoms with Gasteiger partial charge in [0, 0.05) is 11.1 Å². The molecule has 0 saturated heterocycles. The van der Waals surface area contributed by atoms with Gasteiger partial charge in [-0.05, 0) is 35.7 Å². The first-order chi connectivity index (χ1) is 13.6. The summed E-state index contributed by atoms with van der Waals surface area (Å²) in [5.41, 5.74) is 1.20. The van der Waals surface area contributed by atoms with Crippen molar-refractivity contribution in [3.63, 3.8) is 0 Å². The Bertz CT molecular complexity index is 1040. The van der Waals surface area contributed by atoms with Crippen LogP contribution in [-0.2, 0) is 6.54 Å². The molecular formula is C19H16N4O4S. The predicted molar refractivity (Wildman–Crippen MR) is 104 cm³/mol. The molecule has 1 aromatic carbocycles. The summed E-state index contributed by atoms with van der Waals surface area (Å²) in [6.45, 7) is 0.383. The van der Waals surface area contributed by atoms with Crippen molar-refractivity contribution >= 4 is 28.6 Å². The Labute approximate surface area is 164 Å². The van der Waals surface area contributed by atoms with Crippen LogP contribution in [0.4, 0.5) is 11.4 Å². The second-order valence-electron chi connectivity index (χ2n) is 6.14. The maximum atomic E-state index is 12.9. The highest BCUT2D eigenvalue weighted by atomic mass is 32.1. The number of hydrogen-bond donors (Lipinski definition) is 1. The van der Waals surface area contributed by atoms with Crippen LogP contribution in [0.1, 0.15) is 27.1 Å². The minimum absolute atomic E-state index is 0.132. The summed E-state index contributed by atoms with van der Waals surface area (Å²) < 4.78 is 5.09. The first-order valence-electron chi connectivity index (χ1n) is 8.45. The number of aromatic nitrogens is 1.